The Morgan fingerprint density at radius 1 is 0.927 bits per heavy atom. The first-order valence-corrected chi connectivity index (χ1v) is 13.9. The van der Waals surface area contributed by atoms with Crippen LogP contribution >= 0.6 is 0 Å². The van der Waals surface area contributed by atoms with Crippen molar-refractivity contribution >= 4 is 51.3 Å². The number of nitrogens with zero attached hydrogens (tertiary/aromatic N) is 3. The molecule has 3 heterocycles. The number of carboxylic acid groups (broad SMARTS) is 1. The fourth-order valence-corrected chi connectivity index (χ4v) is 5.86. The summed E-state index contributed by atoms with van der Waals surface area (Å²) >= 11 is 0. The fourth-order valence-electron chi connectivity index (χ4n) is 5.86. The van der Waals surface area contributed by atoms with Gasteiger partial charge in [-0.05, 0) is 80.9 Å². The highest BCUT2D eigenvalue weighted by atomic mass is 16.4. The largest absolute Gasteiger partial charge is 0.478 e. The molecule has 8 nitrogen and oxygen atoms in total. The highest BCUT2D eigenvalue weighted by Crippen LogP contribution is 2.41. The molecule has 0 radical (unpaired) electrons. The van der Waals surface area contributed by atoms with E-state index >= 15 is 0 Å². The van der Waals surface area contributed by atoms with Crippen LogP contribution in [-0.4, -0.2) is 59.5 Å². The molecule has 41 heavy (non-hydrogen) atoms. The predicted octanol–water partition coefficient (Wildman–Crippen LogP) is 5.67. The van der Waals surface area contributed by atoms with Crippen molar-refractivity contribution in [2.24, 2.45) is 5.92 Å². The van der Waals surface area contributed by atoms with Gasteiger partial charge in [0.05, 0.1) is 28.0 Å². The number of nitrogens with one attached hydrogen (secondary N) is 1. The molecule has 2 aliphatic rings. The average molecular weight is 549 g/mol. The van der Waals surface area contributed by atoms with Gasteiger partial charge in [0.15, 0.2) is 0 Å². The van der Waals surface area contributed by atoms with Gasteiger partial charge in [-0.1, -0.05) is 36.4 Å². The van der Waals surface area contributed by atoms with Gasteiger partial charge < -0.3 is 20.2 Å². The number of fused-ring (bicyclic) bond motifs is 2. The van der Waals surface area contributed by atoms with E-state index in [-0.39, 0.29) is 17.4 Å². The van der Waals surface area contributed by atoms with Crippen molar-refractivity contribution in [1.29, 1.82) is 0 Å². The Labute approximate surface area is 238 Å². The lowest BCUT2D eigenvalue weighted by Crippen LogP contribution is -2.31. The number of carbonyl (C=O) groups excluding carboxylic acids is 2. The van der Waals surface area contributed by atoms with E-state index in [1.807, 2.05) is 60.8 Å². The molecule has 3 aromatic carbocycles. The van der Waals surface area contributed by atoms with Gasteiger partial charge in [0, 0.05) is 36.3 Å². The standard InChI is InChI=1S/C33H32N4O4/c1-35-15-12-21(13-16-35)18-29(38)37-17-14-23-19-25(9-11-27(23)37)34-31(22-6-4-3-5-7-22)30-26-10-8-24(33(40)41)20-28(26)36(2)32(30)39/h3-11,14,17,19-21,34H,12-13,15-16,18H2,1-2H3,(H,40,41). The maximum atomic E-state index is 13.6. The van der Waals surface area contributed by atoms with E-state index in [0.29, 0.717) is 34.9 Å². The van der Waals surface area contributed by atoms with E-state index < -0.39 is 5.97 Å². The summed E-state index contributed by atoms with van der Waals surface area (Å²) in [7, 11) is 3.77. The Bertz CT molecular complexity index is 1700. The lowest BCUT2D eigenvalue weighted by atomic mass is 9.93. The third-order valence-electron chi connectivity index (χ3n) is 8.24. The van der Waals surface area contributed by atoms with Crippen LogP contribution in [0.2, 0.25) is 0 Å². The van der Waals surface area contributed by atoms with Crippen molar-refractivity contribution < 1.29 is 19.5 Å². The zero-order valence-electron chi connectivity index (χ0n) is 23.1. The molecule has 0 aliphatic carbocycles. The van der Waals surface area contributed by atoms with E-state index in [9.17, 15) is 19.5 Å². The molecule has 4 aromatic rings. The summed E-state index contributed by atoms with van der Waals surface area (Å²) < 4.78 is 1.75. The normalized spacial score (nSPS) is 17.1. The molecule has 1 aromatic heterocycles. The minimum Gasteiger partial charge on any atom is -0.478 e. The molecule has 6 rings (SSSR count). The summed E-state index contributed by atoms with van der Waals surface area (Å²) in [5, 5.41) is 13.9. The average Bonchev–Trinajstić information content (AvgIpc) is 3.51. The second-order valence-electron chi connectivity index (χ2n) is 10.9. The van der Waals surface area contributed by atoms with Gasteiger partial charge >= 0.3 is 5.97 Å². The molecule has 0 bridgehead atoms. The van der Waals surface area contributed by atoms with Crippen LogP contribution in [0.25, 0.3) is 22.2 Å². The Balaban J connectivity index is 1.35. The number of hydrogen-bond acceptors (Lipinski definition) is 5. The van der Waals surface area contributed by atoms with E-state index in [2.05, 4.69) is 17.3 Å². The Kier molecular flexibility index (Phi) is 6.93. The van der Waals surface area contributed by atoms with Crippen molar-refractivity contribution in [1.82, 2.24) is 9.47 Å². The molecule has 1 amide bonds. The number of hydrogen-bond donors (Lipinski definition) is 2. The molecule has 2 aliphatic heterocycles. The highest BCUT2D eigenvalue weighted by molar-refractivity contribution is 6.38. The maximum absolute atomic E-state index is 13.6. The van der Waals surface area contributed by atoms with E-state index in [1.54, 1.807) is 17.7 Å². The summed E-state index contributed by atoms with van der Waals surface area (Å²) in [5.41, 5.74) is 4.89. The summed E-state index contributed by atoms with van der Waals surface area (Å²) in [6.45, 7) is 2.06. The molecule has 0 unspecified atom stereocenters. The number of anilines is 2. The zero-order chi connectivity index (χ0) is 28.7. The first kappa shape index (κ1) is 26.5. The number of benzene rings is 3. The molecule has 1 saturated heterocycles. The number of aromatic nitrogens is 1. The SMILES string of the molecule is CN1CCC(CC(=O)n2ccc3cc(NC(=C4C(=O)N(C)c5cc(C(=O)O)ccc54)c4ccccc4)ccc32)CC1. The topological polar surface area (TPSA) is 94.9 Å². The van der Waals surface area contributed by atoms with Crippen LogP contribution in [0.3, 0.4) is 0 Å². The minimum absolute atomic E-state index is 0.110. The molecule has 2 N–H and O–H groups in total. The number of carboxylic acids is 1. The molecule has 0 atom stereocenters. The van der Waals surface area contributed by atoms with Crippen LogP contribution in [-0.2, 0) is 4.79 Å². The quantitative estimate of drug-likeness (QED) is 0.302. The lowest BCUT2D eigenvalue weighted by molar-refractivity contribution is -0.112. The molecule has 8 heteroatoms. The predicted molar refractivity (Wildman–Crippen MR) is 161 cm³/mol. The van der Waals surface area contributed by atoms with Crippen molar-refractivity contribution in [3.63, 3.8) is 0 Å². The summed E-state index contributed by atoms with van der Waals surface area (Å²) in [4.78, 5) is 42.1. The van der Waals surface area contributed by atoms with Crippen LogP contribution in [0.5, 0.6) is 0 Å². The van der Waals surface area contributed by atoms with Crippen molar-refractivity contribution in [3.05, 3.63) is 95.7 Å². The maximum Gasteiger partial charge on any atom is 0.335 e. The summed E-state index contributed by atoms with van der Waals surface area (Å²) in [6.07, 6.45) is 4.47. The fraction of sp³-hybridized carbons (Fsp3) is 0.242. The van der Waals surface area contributed by atoms with Gasteiger partial charge in [0.2, 0.25) is 5.91 Å². The number of rotatable bonds is 6. The Morgan fingerprint density at radius 3 is 2.41 bits per heavy atom. The minimum atomic E-state index is -1.04. The van der Waals surface area contributed by atoms with Gasteiger partial charge in [-0.3, -0.25) is 14.2 Å². The first-order chi connectivity index (χ1) is 19.8. The van der Waals surface area contributed by atoms with Crippen molar-refractivity contribution in [3.8, 4) is 0 Å². The van der Waals surface area contributed by atoms with E-state index in [4.69, 9.17) is 0 Å². The van der Waals surface area contributed by atoms with Crippen LogP contribution in [0.15, 0.2) is 79.0 Å². The number of aromatic carboxylic acids is 1. The molecule has 0 saturated carbocycles. The second kappa shape index (κ2) is 10.7. The summed E-state index contributed by atoms with van der Waals surface area (Å²) in [5.74, 6) is -0.744. The third kappa shape index (κ3) is 5.02. The number of likely N-dealkylation sites (tertiary alicyclic amines) is 1. The van der Waals surface area contributed by atoms with Gasteiger partial charge in [-0.25, -0.2) is 4.79 Å². The molecular formula is C33H32N4O4. The van der Waals surface area contributed by atoms with Crippen LogP contribution in [0.4, 0.5) is 11.4 Å². The number of carbonyl (C=O) groups is 3. The van der Waals surface area contributed by atoms with Gasteiger partial charge in [0.1, 0.15) is 0 Å². The Hall–Kier alpha value is -4.69. The third-order valence-corrected chi connectivity index (χ3v) is 8.24. The van der Waals surface area contributed by atoms with Crippen LogP contribution in [0.1, 0.15) is 45.5 Å². The monoisotopic (exact) mass is 548 g/mol. The number of amides is 1. The van der Waals surface area contributed by atoms with Crippen LogP contribution in [0, 0.1) is 5.92 Å². The van der Waals surface area contributed by atoms with E-state index in [1.165, 1.54) is 17.0 Å². The van der Waals surface area contributed by atoms with Crippen molar-refractivity contribution in [2.45, 2.75) is 19.3 Å². The number of piperidine rings is 1. The molecule has 1 fully saturated rings. The smallest absolute Gasteiger partial charge is 0.335 e. The van der Waals surface area contributed by atoms with Crippen molar-refractivity contribution in [2.75, 3.05) is 37.4 Å². The second-order valence-corrected chi connectivity index (χ2v) is 10.9. The Morgan fingerprint density at radius 2 is 1.68 bits per heavy atom. The number of likely N-dealkylation sites (N-methyl/N-ethyl adjacent to an activating group) is 1. The first-order valence-electron chi connectivity index (χ1n) is 13.9. The molecule has 0 spiro atoms. The summed E-state index contributed by atoms with van der Waals surface area (Å²) in [6, 6.07) is 22.1. The van der Waals surface area contributed by atoms with Crippen LogP contribution < -0.4 is 10.2 Å². The van der Waals surface area contributed by atoms with E-state index in [0.717, 1.165) is 48.1 Å². The molecule has 208 valence electrons. The molecular weight excluding hydrogens is 516 g/mol. The van der Waals surface area contributed by atoms with Gasteiger partial charge in [-0.2, -0.15) is 0 Å². The zero-order valence-corrected chi connectivity index (χ0v) is 23.1. The highest BCUT2D eigenvalue weighted by Gasteiger charge is 2.34. The van der Waals surface area contributed by atoms with Gasteiger partial charge in [-0.15, -0.1) is 0 Å². The lowest BCUT2D eigenvalue weighted by Gasteiger charge is -2.28. The van der Waals surface area contributed by atoms with Gasteiger partial charge in [0.25, 0.3) is 5.91 Å².